The zero-order valence-corrected chi connectivity index (χ0v) is 16.4. The van der Waals surface area contributed by atoms with Crippen LogP contribution in [-0.2, 0) is 11.3 Å². The van der Waals surface area contributed by atoms with Crippen LogP contribution in [0.3, 0.4) is 0 Å². The maximum Gasteiger partial charge on any atom is 0.342 e. The summed E-state index contributed by atoms with van der Waals surface area (Å²) in [7, 11) is 3.40. The van der Waals surface area contributed by atoms with Crippen LogP contribution in [0.5, 0.6) is 5.75 Å². The summed E-state index contributed by atoms with van der Waals surface area (Å²) in [4.78, 5) is 18.8. The number of hydrogen-bond acceptors (Lipinski definition) is 4. The van der Waals surface area contributed by atoms with Gasteiger partial charge in [0.1, 0.15) is 23.7 Å². The SMILES string of the molecule is CCN(C)/C=N/c1cc(OC)c(C(=O)OCc2ccc(C)cc2F)cc1C. The van der Waals surface area contributed by atoms with E-state index in [0.29, 0.717) is 17.0 Å². The number of carbonyl (C=O) groups is 1. The first-order chi connectivity index (χ1) is 12.8. The minimum Gasteiger partial charge on any atom is -0.496 e. The number of hydrogen-bond donors (Lipinski definition) is 0. The summed E-state index contributed by atoms with van der Waals surface area (Å²) in [5.41, 5.74) is 2.93. The predicted octanol–water partition coefficient (Wildman–Crippen LogP) is 4.42. The number of rotatable bonds is 7. The van der Waals surface area contributed by atoms with Crippen LogP contribution < -0.4 is 4.74 Å². The largest absolute Gasteiger partial charge is 0.496 e. The predicted molar refractivity (Wildman–Crippen MR) is 104 cm³/mol. The summed E-state index contributed by atoms with van der Waals surface area (Å²) in [5, 5.41) is 0. The maximum atomic E-state index is 13.9. The Morgan fingerprint density at radius 2 is 2.00 bits per heavy atom. The van der Waals surface area contributed by atoms with Crippen molar-refractivity contribution >= 4 is 18.0 Å². The fraction of sp³-hybridized carbons (Fsp3) is 0.333. The monoisotopic (exact) mass is 372 g/mol. The lowest BCUT2D eigenvalue weighted by atomic mass is 10.1. The Morgan fingerprint density at radius 3 is 2.63 bits per heavy atom. The van der Waals surface area contributed by atoms with E-state index in [0.717, 1.165) is 17.7 Å². The molecule has 0 aliphatic carbocycles. The topological polar surface area (TPSA) is 51.1 Å². The molecule has 0 aliphatic rings. The second kappa shape index (κ2) is 9.16. The van der Waals surface area contributed by atoms with Gasteiger partial charge in [-0.2, -0.15) is 0 Å². The zero-order valence-electron chi connectivity index (χ0n) is 16.4. The molecule has 0 unspecified atom stereocenters. The van der Waals surface area contributed by atoms with E-state index in [-0.39, 0.29) is 12.2 Å². The average Bonchev–Trinajstić information content (AvgIpc) is 2.65. The molecule has 0 fully saturated rings. The Morgan fingerprint density at radius 1 is 1.26 bits per heavy atom. The van der Waals surface area contributed by atoms with Crippen LogP contribution in [0.4, 0.5) is 10.1 Å². The highest BCUT2D eigenvalue weighted by Crippen LogP contribution is 2.29. The van der Waals surface area contributed by atoms with Gasteiger partial charge in [-0.25, -0.2) is 14.2 Å². The van der Waals surface area contributed by atoms with Gasteiger partial charge < -0.3 is 14.4 Å². The van der Waals surface area contributed by atoms with Crippen molar-refractivity contribution in [3.63, 3.8) is 0 Å². The van der Waals surface area contributed by atoms with Crippen LogP contribution >= 0.6 is 0 Å². The Labute approximate surface area is 159 Å². The molecule has 0 aliphatic heterocycles. The number of ether oxygens (including phenoxy) is 2. The zero-order chi connectivity index (χ0) is 20.0. The lowest BCUT2D eigenvalue weighted by molar-refractivity contribution is 0.0465. The summed E-state index contributed by atoms with van der Waals surface area (Å²) >= 11 is 0. The molecule has 0 bridgehead atoms. The molecular formula is C21H25FN2O3. The van der Waals surface area contributed by atoms with Gasteiger partial charge in [-0.3, -0.25) is 0 Å². The van der Waals surface area contributed by atoms with Crippen molar-refractivity contribution in [2.24, 2.45) is 4.99 Å². The van der Waals surface area contributed by atoms with Crippen LogP contribution in [0.2, 0.25) is 0 Å². The van der Waals surface area contributed by atoms with E-state index in [1.807, 2.05) is 25.8 Å². The summed E-state index contributed by atoms with van der Waals surface area (Å²) in [6, 6.07) is 8.16. The lowest BCUT2D eigenvalue weighted by Gasteiger charge is -2.13. The van der Waals surface area contributed by atoms with E-state index in [1.54, 1.807) is 37.5 Å². The standard InChI is InChI=1S/C21H25FN2O3/c1-6-24(4)13-23-19-11-20(26-5)17(10-15(19)3)21(25)27-12-16-8-7-14(2)9-18(16)22/h7-11,13H,6,12H2,1-5H3/b23-13+. The van der Waals surface area contributed by atoms with Crippen molar-refractivity contribution in [3.8, 4) is 5.75 Å². The molecule has 0 heterocycles. The minimum absolute atomic E-state index is 0.144. The van der Waals surface area contributed by atoms with E-state index in [9.17, 15) is 9.18 Å². The summed E-state index contributed by atoms with van der Waals surface area (Å²) < 4.78 is 24.5. The molecule has 2 rings (SSSR count). The van der Waals surface area contributed by atoms with Gasteiger partial charge in [0.2, 0.25) is 0 Å². The van der Waals surface area contributed by atoms with Crippen molar-refractivity contribution in [1.29, 1.82) is 0 Å². The number of benzene rings is 2. The number of methoxy groups -OCH3 is 1. The molecule has 0 spiro atoms. The van der Waals surface area contributed by atoms with Gasteiger partial charge in [-0.1, -0.05) is 12.1 Å². The number of halogens is 1. The Bertz CT molecular complexity index is 850. The Hall–Kier alpha value is -2.89. The van der Waals surface area contributed by atoms with Gasteiger partial charge in [-0.15, -0.1) is 0 Å². The third-order valence-electron chi connectivity index (χ3n) is 4.20. The van der Waals surface area contributed by atoms with Gasteiger partial charge in [0.05, 0.1) is 19.1 Å². The lowest BCUT2D eigenvalue weighted by Crippen LogP contribution is -2.14. The highest BCUT2D eigenvalue weighted by atomic mass is 19.1. The third kappa shape index (κ3) is 5.29. The van der Waals surface area contributed by atoms with E-state index in [4.69, 9.17) is 9.47 Å². The number of carbonyl (C=O) groups excluding carboxylic acids is 1. The van der Waals surface area contributed by atoms with Gasteiger partial charge in [0, 0.05) is 25.2 Å². The third-order valence-corrected chi connectivity index (χ3v) is 4.20. The molecule has 0 atom stereocenters. The van der Waals surface area contributed by atoms with Gasteiger partial charge in [-0.05, 0) is 44.0 Å². The van der Waals surface area contributed by atoms with Crippen molar-refractivity contribution in [2.45, 2.75) is 27.4 Å². The second-order valence-corrected chi connectivity index (χ2v) is 6.33. The first-order valence-electron chi connectivity index (χ1n) is 8.71. The van der Waals surface area contributed by atoms with Crippen LogP contribution in [0.1, 0.15) is 34.0 Å². The normalized spacial score (nSPS) is 10.9. The van der Waals surface area contributed by atoms with Crippen LogP contribution in [0, 0.1) is 19.7 Å². The fourth-order valence-electron chi connectivity index (χ4n) is 2.38. The molecule has 0 radical (unpaired) electrons. The van der Waals surface area contributed by atoms with Crippen molar-refractivity contribution < 1.29 is 18.7 Å². The Balaban J connectivity index is 2.20. The molecule has 0 amide bonds. The van der Waals surface area contributed by atoms with E-state index in [2.05, 4.69) is 4.99 Å². The average molecular weight is 372 g/mol. The number of esters is 1. The molecule has 5 nitrogen and oxygen atoms in total. The van der Waals surface area contributed by atoms with Crippen molar-refractivity contribution in [3.05, 3.63) is 58.4 Å². The molecule has 0 saturated carbocycles. The summed E-state index contributed by atoms with van der Waals surface area (Å²) in [6.45, 7) is 6.37. The first kappa shape index (κ1) is 20.4. The summed E-state index contributed by atoms with van der Waals surface area (Å²) in [5.74, 6) is -0.604. The van der Waals surface area contributed by atoms with Gasteiger partial charge in [0.25, 0.3) is 0 Å². The molecule has 27 heavy (non-hydrogen) atoms. The number of nitrogens with zero attached hydrogens (tertiary/aromatic N) is 2. The number of aryl methyl sites for hydroxylation is 2. The smallest absolute Gasteiger partial charge is 0.342 e. The van der Waals surface area contributed by atoms with E-state index in [1.165, 1.54) is 13.2 Å². The quantitative estimate of drug-likeness (QED) is 0.410. The van der Waals surface area contributed by atoms with E-state index < -0.39 is 11.8 Å². The minimum atomic E-state index is -0.573. The molecule has 144 valence electrons. The molecule has 0 aromatic heterocycles. The van der Waals surface area contributed by atoms with Crippen molar-refractivity contribution in [1.82, 2.24) is 4.90 Å². The molecule has 2 aromatic carbocycles. The maximum absolute atomic E-state index is 13.9. The Kier molecular flexibility index (Phi) is 6.93. The first-order valence-corrected chi connectivity index (χ1v) is 8.71. The van der Waals surface area contributed by atoms with Crippen LogP contribution in [0.15, 0.2) is 35.3 Å². The van der Waals surface area contributed by atoms with Crippen LogP contribution in [0.25, 0.3) is 0 Å². The molecule has 6 heteroatoms. The highest BCUT2D eigenvalue weighted by molar-refractivity contribution is 5.93. The second-order valence-electron chi connectivity index (χ2n) is 6.33. The van der Waals surface area contributed by atoms with E-state index >= 15 is 0 Å². The highest BCUT2D eigenvalue weighted by Gasteiger charge is 2.17. The molecular weight excluding hydrogens is 347 g/mol. The number of aliphatic imine (C=N–C) groups is 1. The van der Waals surface area contributed by atoms with Crippen molar-refractivity contribution in [2.75, 3.05) is 20.7 Å². The van der Waals surface area contributed by atoms with Gasteiger partial charge in [0.15, 0.2) is 0 Å². The van der Waals surface area contributed by atoms with Gasteiger partial charge >= 0.3 is 5.97 Å². The summed E-state index contributed by atoms with van der Waals surface area (Å²) in [6.07, 6.45) is 1.72. The molecule has 2 aromatic rings. The van der Waals surface area contributed by atoms with Crippen LogP contribution in [-0.4, -0.2) is 37.9 Å². The molecule has 0 saturated heterocycles. The molecule has 0 N–H and O–H groups in total. The fourth-order valence-corrected chi connectivity index (χ4v) is 2.38.